The van der Waals surface area contributed by atoms with Gasteiger partial charge in [0.25, 0.3) is 5.88 Å². The topological polar surface area (TPSA) is 44.2 Å². The number of fused-ring (bicyclic) bond motifs is 1. The van der Waals surface area contributed by atoms with Gasteiger partial charge in [-0.25, -0.2) is 4.98 Å². The molecular formula is C15H13BrN2O2. The Morgan fingerprint density at radius 1 is 1.15 bits per heavy atom. The molecule has 0 N–H and O–H groups in total. The van der Waals surface area contributed by atoms with Gasteiger partial charge in [0.15, 0.2) is 11.9 Å². The first-order valence-electron chi connectivity index (χ1n) is 6.70. The number of nitrogens with zero attached hydrogens (tertiary/aromatic N) is 2. The number of rotatable bonds is 2. The van der Waals surface area contributed by atoms with E-state index in [1.54, 1.807) is 6.20 Å². The average molecular weight is 333 g/mol. The van der Waals surface area contributed by atoms with Crippen LogP contribution < -0.4 is 9.47 Å². The Balaban J connectivity index is 1.56. The molecule has 4 rings (SSSR count). The first-order valence-corrected chi connectivity index (χ1v) is 7.50. The zero-order valence-electron chi connectivity index (χ0n) is 10.8. The number of ether oxygens (including phenoxy) is 2. The molecule has 1 unspecified atom stereocenters. The summed E-state index contributed by atoms with van der Waals surface area (Å²) in [5, 5.41) is 0. The van der Waals surface area contributed by atoms with Crippen molar-refractivity contribution in [2.24, 2.45) is 0 Å². The van der Waals surface area contributed by atoms with Crippen molar-refractivity contribution in [3.05, 3.63) is 46.3 Å². The molecule has 0 aromatic carbocycles. The maximum Gasteiger partial charge on any atom is 0.257 e. The van der Waals surface area contributed by atoms with Gasteiger partial charge in [0, 0.05) is 22.9 Å². The van der Waals surface area contributed by atoms with Gasteiger partial charge < -0.3 is 9.47 Å². The molecule has 1 fully saturated rings. The third kappa shape index (κ3) is 2.26. The Morgan fingerprint density at radius 3 is 2.80 bits per heavy atom. The maximum atomic E-state index is 5.87. The summed E-state index contributed by atoms with van der Waals surface area (Å²) in [5.74, 6) is 1.92. The highest BCUT2D eigenvalue weighted by molar-refractivity contribution is 9.10. The van der Waals surface area contributed by atoms with Crippen molar-refractivity contribution >= 4 is 15.9 Å². The van der Waals surface area contributed by atoms with E-state index in [-0.39, 0.29) is 6.10 Å². The van der Waals surface area contributed by atoms with Crippen LogP contribution in [-0.4, -0.2) is 16.6 Å². The Morgan fingerprint density at radius 2 is 2.05 bits per heavy atom. The van der Waals surface area contributed by atoms with Crippen LogP contribution in [0.2, 0.25) is 0 Å². The van der Waals surface area contributed by atoms with Crippen LogP contribution in [0, 0.1) is 0 Å². The van der Waals surface area contributed by atoms with Gasteiger partial charge in [-0.3, -0.25) is 4.98 Å². The van der Waals surface area contributed by atoms with Crippen LogP contribution in [0.25, 0.3) is 0 Å². The van der Waals surface area contributed by atoms with Crippen molar-refractivity contribution in [3.8, 4) is 11.6 Å². The van der Waals surface area contributed by atoms with Crippen molar-refractivity contribution < 1.29 is 9.47 Å². The molecule has 1 aliphatic carbocycles. The van der Waals surface area contributed by atoms with Gasteiger partial charge >= 0.3 is 0 Å². The fourth-order valence-electron chi connectivity index (χ4n) is 2.35. The summed E-state index contributed by atoms with van der Waals surface area (Å²) in [5.41, 5.74) is 2.22. The first-order chi connectivity index (χ1) is 9.79. The molecule has 2 aromatic rings. The van der Waals surface area contributed by atoms with E-state index in [1.807, 2.05) is 18.3 Å². The molecule has 0 bridgehead atoms. The van der Waals surface area contributed by atoms with E-state index in [0.29, 0.717) is 18.2 Å². The Kier molecular flexibility index (Phi) is 2.88. The molecule has 0 spiro atoms. The smallest absolute Gasteiger partial charge is 0.257 e. The molecule has 2 aliphatic rings. The third-order valence-electron chi connectivity index (χ3n) is 3.62. The normalized spacial score (nSPS) is 20.8. The van der Waals surface area contributed by atoms with Gasteiger partial charge in [-0.2, -0.15) is 0 Å². The largest absolute Gasteiger partial charge is 0.484 e. The van der Waals surface area contributed by atoms with Gasteiger partial charge in [-0.15, -0.1) is 0 Å². The molecule has 5 heteroatoms. The van der Waals surface area contributed by atoms with E-state index in [1.165, 1.54) is 18.4 Å². The van der Waals surface area contributed by atoms with Crippen LogP contribution in [0.15, 0.2) is 35.1 Å². The quantitative estimate of drug-likeness (QED) is 0.842. The summed E-state index contributed by atoms with van der Waals surface area (Å²) in [6, 6.07) is 6.04. The van der Waals surface area contributed by atoms with Crippen LogP contribution >= 0.6 is 15.9 Å². The summed E-state index contributed by atoms with van der Waals surface area (Å²) in [6.07, 6.45) is 6.05. The molecule has 3 heterocycles. The summed E-state index contributed by atoms with van der Waals surface area (Å²) in [6.45, 7) is 0.459. The van der Waals surface area contributed by atoms with Crippen LogP contribution in [0.4, 0.5) is 0 Å². The highest BCUT2D eigenvalue weighted by Crippen LogP contribution is 2.40. The van der Waals surface area contributed by atoms with Crippen LogP contribution in [0.3, 0.4) is 0 Å². The second kappa shape index (κ2) is 4.74. The first kappa shape index (κ1) is 12.1. The average Bonchev–Trinajstić information content (AvgIpc) is 3.32. The van der Waals surface area contributed by atoms with Gasteiger partial charge in [0.1, 0.15) is 6.61 Å². The van der Waals surface area contributed by atoms with Crippen LogP contribution in [-0.2, 0) is 0 Å². The second-order valence-corrected chi connectivity index (χ2v) is 6.08. The van der Waals surface area contributed by atoms with E-state index < -0.39 is 0 Å². The van der Waals surface area contributed by atoms with Gasteiger partial charge in [-0.1, -0.05) is 6.07 Å². The molecule has 0 radical (unpaired) electrons. The molecule has 0 amide bonds. The zero-order chi connectivity index (χ0) is 13.5. The summed E-state index contributed by atoms with van der Waals surface area (Å²) < 4.78 is 12.5. The molecule has 1 aliphatic heterocycles. The molecule has 20 heavy (non-hydrogen) atoms. The van der Waals surface area contributed by atoms with E-state index in [2.05, 4.69) is 32.0 Å². The van der Waals surface area contributed by atoms with Crippen molar-refractivity contribution in [1.29, 1.82) is 0 Å². The minimum atomic E-state index is -0.190. The van der Waals surface area contributed by atoms with Crippen molar-refractivity contribution in [2.45, 2.75) is 24.9 Å². The molecule has 1 atom stereocenters. The van der Waals surface area contributed by atoms with E-state index in [9.17, 15) is 0 Å². The van der Waals surface area contributed by atoms with E-state index in [0.717, 1.165) is 16.1 Å². The summed E-state index contributed by atoms with van der Waals surface area (Å²) in [4.78, 5) is 8.74. The predicted molar refractivity (Wildman–Crippen MR) is 77.0 cm³/mol. The Labute approximate surface area is 125 Å². The molecule has 2 aromatic heterocycles. The third-order valence-corrected chi connectivity index (χ3v) is 4.05. The maximum absolute atomic E-state index is 5.87. The predicted octanol–water partition coefficient (Wildman–Crippen LogP) is 3.63. The Bertz CT molecular complexity index is 641. The van der Waals surface area contributed by atoms with Gasteiger partial charge in [0.05, 0.1) is 5.69 Å². The summed E-state index contributed by atoms with van der Waals surface area (Å²) in [7, 11) is 0. The fourth-order valence-corrected chi connectivity index (χ4v) is 2.66. The standard InChI is InChI=1S/C15H13BrN2O2/c16-11-5-13-15(18-7-11)20-14(8-19-13)12-4-3-10(6-17-12)9-1-2-9/h3-7,9,14H,1-2,8H2. The molecule has 4 nitrogen and oxygen atoms in total. The van der Waals surface area contributed by atoms with Gasteiger partial charge in [0.2, 0.25) is 0 Å². The molecular weight excluding hydrogens is 320 g/mol. The number of hydrogen-bond acceptors (Lipinski definition) is 4. The van der Waals surface area contributed by atoms with Crippen LogP contribution in [0.1, 0.15) is 36.1 Å². The van der Waals surface area contributed by atoms with Gasteiger partial charge in [-0.05, 0) is 46.3 Å². The number of halogens is 1. The highest BCUT2D eigenvalue weighted by atomic mass is 79.9. The summed E-state index contributed by atoms with van der Waals surface area (Å²) >= 11 is 3.37. The number of aromatic nitrogens is 2. The lowest BCUT2D eigenvalue weighted by atomic mass is 10.1. The monoisotopic (exact) mass is 332 g/mol. The van der Waals surface area contributed by atoms with Crippen molar-refractivity contribution in [1.82, 2.24) is 9.97 Å². The fraction of sp³-hybridized carbons (Fsp3) is 0.333. The highest BCUT2D eigenvalue weighted by Gasteiger charge is 2.27. The van der Waals surface area contributed by atoms with Crippen molar-refractivity contribution in [2.75, 3.05) is 6.61 Å². The molecule has 0 saturated heterocycles. The van der Waals surface area contributed by atoms with Crippen molar-refractivity contribution in [3.63, 3.8) is 0 Å². The number of pyridine rings is 2. The minimum Gasteiger partial charge on any atom is -0.484 e. The van der Waals surface area contributed by atoms with Crippen LogP contribution in [0.5, 0.6) is 11.6 Å². The lowest BCUT2D eigenvalue weighted by Crippen LogP contribution is -2.23. The minimum absolute atomic E-state index is 0.190. The SMILES string of the molecule is Brc1cnc2c(c1)OCC(c1ccc(C3CC3)cn1)O2. The lowest BCUT2D eigenvalue weighted by molar-refractivity contribution is 0.0820. The number of hydrogen-bond donors (Lipinski definition) is 0. The van der Waals surface area contributed by atoms with E-state index >= 15 is 0 Å². The molecule has 102 valence electrons. The van der Waals surface area contributed by atoms with E-state index in [4.69, 9.17) is 9.47 Å². The lowest BCUT2D eigenvalue weighted by Gasteiger charge is -2.25. The Hall–Kier alpha value is -1.62. The zero-order valence-corrected chi connectivity index (χ0v) is 12.3. The molecule has 1 saturated carbocycles. The second-order valence-electron chi connectivity index (χ2n) is 5.16.